The largest absolute Gasteiger partial charge is 0.439 e. The Morgan fingerprint density at radius 1 is 1.39 bits per heavy atom. The first-order chi connectivity index (χ1) is 8.58. The minimum absolute atomic E-state index is 0.201. The zero-order valence-corrected chi connectivity index (χ0v) is 11.3. The molecule has 0 radical (unpaired) electrons. The Labute approximate surface area is 108 Å². The zero-order chi connectivity index (χ0) is 12.8. The number of fused-ring (bicyclic) bond motifs is 1. The summed E-state index contributed by atoms with van der Waals surface area (Å²) in [5.41, 5.74) is 3.25. The lowest BCUT2D eigenvalue weighted by atomic mass is 9.77. The van der Waals surface area contributed by atoms with Gasteiger partial charge in [0, 0.05) is 0 Å². The second-order valence-corrected chi connectivity index (χ2v) is 5.95. The van der Waals surface area contributed by atoms with Gasteiger partial charge in [-0.25, -0.2) is 4.98 Å². The maximum absolute atomic E-state index is 6.00. The van der Waals surface area contributed by atoms with Crippen molar-refractivity contribution in [3.63, 3.8) is 0 Å². The number of aryl methyl sites for hydroxylation is 1. The van der Waals surface area contributed by atoms with Gasteiger partial charge in [0.2, 0.25) is 5.89 Å². The van der Waals surface area contributed by atoms with Gasteiger partial charge in [0.1, 0.15) is 5.52 Å². The fourth-order valence-corrected chi connectivity index (χ4v) is 2.86. The van der Waals surface area contributed by atoms with Crippen LogP contribution in [0.2, 0.25) is 0 Å². The van der Waals surface area contributed by atoms with E-state index in [2.05, 4.69) is 37.1 Å². The Bertz CT molecular complexity index is 571. The van der Waals surface area contributed by atoms with Gasteiger partial charge in [-0.2, -0.15) is 0 Å². The van der Waals surface area contributed by atoms with Gasteiger partial charge in [0.15, 0.2) is 5.58 Å². The van der Waals surface area contributed by atoms with E-state index in [0.29, 0.717) is 0 Å². The van der Waals surface area contributed by atoms with Crippen LogP contribution >= 0.6 is 0 Å². The highest BCUT2D eigenvalue weighted by Crippen LogP contribution is 2.40. The molecule has 0 saturated carbocycles. The van der Waals surface area contributed by atoms with Crippen LogP contribution in [-0.2, 0) is 0 Å². The van der Waals surface area contributed by atoms with Crippen LogP contribution in [0.25, 0.3) is 11.1 Å². The predicted molar refractivity (Wildman–Crippen MR) is 72.5 cm³/mol. The Morgan fingerprint density at radius 3 is 2.94 bits per heavy atom. The fraction of sp³-hybridized carbons (Fsp3) is 0.533. The molecule has 18 heavy (non-hydrogen) atoms. The summed E-state index contributed by atoms with van der Waals surface area (Å²) in [5, 5.41) is 3.55. The molecule has 0 spiro atoms. The van der Waals surface area contributed by atoms with Crippen molar-refractivity contribution in [1.29, 1.82) is 0 Å². The number of rotatable bonds is 1. The van der Waals surface area contributed by atoms with E-state index >= 15 is 0 Å². The summed E-state index contributed by atoms with van der Waals surface area (Å²) in [6, 6.07) is 6.34. The quantitative estimate of drug-likeness (QED) is 0.833. The van der Waals surface area contributed by atoms with Gasteiger partial charge in [-0.15, -0.1) is 0 Å². The second-order valence-electron chi connectivity index (χ2n) is 5.95. The van der Waals surface area contributed by atoms with Gasteiger partial charge in [0.05, 0.1) is 6.04 Å². The van der Waals surface area contributed by atoms with Gasteiger partial charge in [-0.1, -0.05) is 26.0 Å². The lowest BCUT2D eigenvalue weighted by Gasteiger charge is -2.37. The number of nitrogens with one attached hydrogen (secondary N) is 1. The SMILES string of the molecule is Cc1cccc2nc(C3NCCCC3(C)C)oc12. The lowest BCUT2D eigenvalue weighted by Crippen LogP contribution is -2.39. The van der Waals surface area contributed by atoms with Crippen LogP contribution in [-0.4, -0.2) is 11.5 Å². The second kappa shape index (κ2) is 4.09. The molecule has 1 N–H and O–H groups in total. The van der Waals surface area contributed by atoms with E-state index < -0.39 is 0 Å². The third kappa shape index (κ3) is 1.83. The molecular formula is C15H20N2O. The first-order valence-corrected chi connectivity index (χ1v) is 6.67. The number of benzene rings is 1. The topological polar surface area (TPSA) is 38.1 Å². The molecule has 1 saturated heterocycles. The lowest BCUT2D eigenvalue weighted by molar-refractivity contribution is 0.157. The van der Waals surface area contributed by atoms with Crippen molar-refractivity contribution >= 4 is 11.1 Å². The van der Waals surface area contributed by atoms with E-state index in [0.717, 1.165) is 29.1 Å². The van der Waals surface area contributed by atoms with E-state index in [9.17, 15) is 0 Å². The average Bonchev–Trinajstić information content (AvgIpc) is 2.73. The van der Waals surface area contributed by atoms with E-state index in [4.69, 9.17) is 4.42 Å². The molecule has 96 valence electrons. The van der Waals surface area contributed by atoms with Crippen LogP contribution in [0.3, 0.4) is 0 Å². The summed E-state index contributed by atoms with van der Waals surface area (Å²) in [7, 11) is 0. The predicted octanol–water partition coefficient (Wildman–Crippen LogP) is 3.59. The van der Waals surface area contributed by atoms with Crippen molar-refractivity contribution < 1.29 is 4.42 Å². The van der Waals surface area contributed by atoms with E-state index in [1.165, 1.54) is 12.8 Å². The van der Waals surface area contributed by atoms with Gasteiger partial charge >= 0.3 is 0 Å². The Morgan fingerprint density at radius 2 is 2.22 bits per heavy atom. The van der Waals surface area contributed by atoms with Crippen LogP contribution in [0.15, 0.2) is 22.6 Å². The third-order valence-electron chi connectivity index (χ3n) is 4.00. The van der Waals surface area contributed by atoms with Crippen LogP contribution in [0.5, 0.6) is 0 Å². The molecule has 1 aromatic heterocycles. The van der Waals surface area contributed by atoms with E-state index in [-0.39, 0.29) is 11.5 Å². The summed E-state index contributed by atoms with van der Waals surface area (Å²) in [4.78, 5) is 4.66. The number of nitrogens with zero attached hydrogens (tertiary/aromatic N) is 1. The van der Waals surface area contributed by atoms with E-state index in [1.807, 2.05) is 12.1 Å². The average molecular weight is 244 g/mol. The number of oxazole rings is 1. The molecule has 0 amide bonds. The van der Waals surface area contributed by atoms with E-state index in [1.54, 1.807) is 0 Å². The van der Waals surface area contributed by atoms with Gasteiger partial charge in [-0.3, -0.25) is 0 Å². The smallest absolute Gasteiger partial charge is 0.213 e. The van der Waals surface area contributed by atoms with Crippen LogP contribution in [0.1, 0.15) is 44.2 Å². The molecule has 1 aromatic carbocycles. The molecule has 1 fully saturated rings. The van der Waals surface area contributed by atoms with Crippen LogP contribution in [0, 0.1) is 12.3 Å². The highest BCUT2D eigenvalue weighted by atomic mass is 16.3. The minimum Gasteiger partial charge on any atom is -0.439 e. The Kier molecular flexibility index (Phi) is 2.67. The summed E-state index contributed by atoms with van der Waals surface area (Å²) in [5.74, 6) is 0.837. The van der Waals surface area contributed by atoms with Crippen molar-refractivity contribution in [1.82, 2.24) is 10.3 Å². The van der Waals surface area contributed by atoms with Crippen LogP contribution in [0.4, 0.5) is 0 Å². The Hall–Kier alpha value is -1.35. The molecule has 0 aliphatic carbocycles. The minimum atomic E-state index is 0.201. The Balaban J connectivity index is 2.06. The van der Waals surface area contributed by atoms with Gasteiger partial charge < -0.3 is 9.73 Å². The summed E-state index contributed by atoms with van der Waals surface area (Å²) in [6.45, 7) is 7.68. The van der Waals surface area contributed by atoms with Crippen molar-refractivity contribution in [2.45, 2.75) is 39.7 Å². The van der Waals surface area contributed by atoms with Crippen molar-refractivity contribution in [3.05, 3.63) is 29.7 Å². The normalized spacial score (nSPS) is 23.4. The third-order valence-corrected chi connectivity index (χ3v) is 4.00. The summed E-state index contributed by atoms with van der Waals surface area (Å²) < 4.78 is 6.00. The van der Waals surface area contributed by atoms with Gasteiger partial charge in [0.25, 0.3) is 0 Å². The van der Waals surface area contributed by atoms with Crippen molar-refractivity contribution in [2.24, 2.45) is 5.41 Å². The number of para-hydroxylation sites is 1. The molecule has 3 rings (SSSR count). The first-order valence-electron chi connectivity index (χ1n) is 6.67. The molecule has 3 heteroatoms. The number of piperidine rings is 1. The molecule has 1 unspecified atom stereocenters. The van der Waals surface area contributed by atoms with Crippen molar-refractivity contribution in [3.8, 4) is 0 Å². The molecule has 2 aromatic rings. The molecule has 1 aliphatic rings. The highest BCUT2D eigenvalue weighted by Gasteiger charge is 2.36. The maximum atomic E-state index is 6.00. The maximum Gasteiger partial charge on any atom is 0.213 e. The molecule has 1 aliphatic heterocycles. The fourth-order valence-electron chi connectivity index (χ4n) is 2.86. The standard InChI is InChI=1S/C15H20N2O/c1-10-6-4-7-11-12(10)18-14(17-11)13-15(2,3)8-5-9-16-13/h4,6-7,13,16H,5,8-9H2,1-3H3. The summed E-state index contributed by atoms with van der Waals surface area (Å²) >= 11 is 0. The summed E-state index contributed by atoms with van der Waals surface area (Å²) in [6.07, 6.45) is 2.44. The first kappa shape index (κ1) is 11.7. The van der Waals surface area contributed by atoms with Crippen LogP contribution < -0.4 is 5.32 Å². The molecule has 2 heterocycles. The number of hydrogen-bond acceptors (Lipinski definition) is 3. The zero-order valence-electron chi connectivity index (χ0n) is 11.3. The van der Waals surface area contributed by atoms with Crippen molar-refractivity contribution in [2.75, 3.05) is 6.54 Å². The molecule has 1 atom stereocenters. The molecule has 3 nitrogen and oxygen atoms in total. The highest BCUT2D eigenvalue weighted by molar-refractivity contribution is 5.76. The molecular weight excluding hydrogens is 224 g/mol. The number of aromatic nitrogens is 1. The van der Waals surface area contributed by atoms with Gasteiger partial charge in [-0.05, 0) is 43.4 Å². The monoisotopic (exact) mass is 244 g/mol. The molecule has 0 bridgehead atoms. The number of hydrogen-bond donors (Lipinski definition) is 1.